The molecule has 0 unspecified atom stereocenters. The number of nitrogens with zero attached hydrogens (tertiary/aromatic N) is 1. The minimum Gasteiger partial charge on any atom is -0.484 e. The van der Waals surface area contributed by atoms with E-state index >= 15 is 0 Å². The van der Waals surface area contributed by atoms with E-state index in [1.165, 1.54) is 23.9 Å². The van der Waals surface area contributed by atoms with E-state index in [1.54, 1.807) is 42.6 Å². The zero-order valence-corrected chi connectivity index (χ0v) is 15.8. The molecule has 2 aromatic carbocycles. The van der Waals surface area contributed by atoms with Crippen LogP contribution in [0.1, 0.15) is 0 Å². The van der Waals surface area contributed by atoms with Gasteiger partial charge in [-0.1, -0.05) is 23.4 Å². The number of carbonyl (C=O) groups is 1. The predicted molar refractivity (Wildman–Crippen MR) is 105 cm³/mol. The summed E-state index contributed by atoms with van der Waals surface area (Å²) in [5.41, 5.74) is 1.68. The summed E-state index contributed by atoms with van der Waals surface area (Å²) in [6.45, 7) is 0.432. The molecule has 0 saturated carbocycles. The average molecular weight is 406 g/mol. The highest BCUT2D eigenvalue weighted by Gasteiger charge is 2.06. The smallest absolute Gasteiger partial charge is 0.257 e. The lowest BCUT2D eigenvalue weighted by atomic mass is 10.2. The minimum atomic E-state index is -0.274. The Morgan fingerprint density at radius 1 is 1.19 bits per heavy atom. The van der Waals surface area contributed by atoms with Gasteiger partial charge in [0.15, 0.2) is 11.8 Å². The van der Waals surface area contributed by atoms with Crippen LogP contribution in [0.25, 0.3) is 11.3 Å². The van der Waals surface area contributed by atoms with E-state index in [0.717, 1.165) is 16.4 Å². The van der Waals surface area contributed by atoms with Gasteiger partial charge in [0.2, 0.25) is 0 Å². The maximum Gasteiger partial charge on any atom is 0.257 e. The van der Waals surface area contributed by atoms with Gasteiger partial charge >= 0.3 is 0 Å². The molecule has 0 aliphatic carbocycles. The number of hydrogen-bond acceptors (Lipinski definition) is 4. The Hall–Kier alpha value is -2.51. The fourth-order valence-electron chi connectivity index (χ4n) is 2.22. The fraction of sp³-hybridized carbons (Fsp3) is 0.158. The van der Waals surface area contributed by atoms with Crippen molar-refractivity contribution in [3.63, 3.8) is 0 Å². The van der Waals surface area contributed by atoms with E-state index in [9.17, 15) is 9.18 Å². The summed E-state index contributed by atoms with van der Waals surface area (Å²) < 4.78 is 18.3. The van der Waals surface area contributed by atoms with Crippen LogP contribution < -0.4 is 10.1 Å². The van der Waals surface area contributed by atoms with Crippen LogP contribution >= 0.6 is 23.4 Å². The summed E-state index contributed by atoms with van der Waals surface area (Å²) in [7, 11) is 0. The van der Waals surface area contributed by atoms with Crippen molar-refractivity contribution in [3.8, 4) is 17.0 Å². The second-order valence-corrected chi connectivity index (χ2v) is 7.07. The molecule has 0 bridgehead atoms. The summed E-state index contributed by atoms with van der Waals surface area (Å²) >= 11 is 7.28. The quantitative estimate of drug-likeness (QED) is 0.436. The number of H-pyrrole nitrogens is 1. The maximum absolute atomic E-state index is 13.0. The number of halogens is 2. The zero-order chi connectivity index (χ0) is 19.1. The molecule has 0 atom stereocenters. The second kappa shape index (κ2) is 9.43. The monoisotopic (exact) mass is 405 g/mol. The van der Waals surface area contributed by atoms with Crippen LogP contribution in [0, 0.1) is 5.82 Å². The molecule has 1 amide bonds. The van der Waals surface area contributed by atoms with Gasteiger partial charge in [0.25, 0.3) is 5.91 Å². The van der Waals surface area contributed by atoms with Crippen molar-refractivity contribution in [1.82, 2.24) is 15.3 Å². The van der Waals surface area contributed by atoms with Crippen LogP contribution in [0.4, 0.5) is 4.39 Å². The van der Waals surface area contributed by atoms with Crippen LogP contribution in [-0.2, 0) is 4.79 Å². The standard InChI is InChI=1S/C19H17ClFN3O2S/c20-14-3-7-16(8-4-14)26-12-18(25)22-9-10-27-19-23-11-17(24-19)13-1-5-15(21)6-2-13/h1-8,11H,9-10,12H2,(H,22,25)(H,23,24). The Labute approximate surface area is 165 Å². The molecule has 5 nitrogen and oxygen atoms in total. The zero-order valence-electron chi connectivity index (χ0n) is 14.2. The first-order valence-electron chi connectivity index (χ1n) is 8.19. The molecule has 3 aromatic rings. The molecule has 8 heteroatoms. The third-order valence-corrected chi connectivity index (χ3v) is 4.70. The Morgan fingerprint density at radius 2 is 1.93 bits per heavy atom. The summed E-state index contributed by atoms with van der Waals surface area (Å²) in [4.78, 5) is 19.2. The van der Waals surface area contributed by atoms with Crippen LogP contribution in [0.5, 0.6) is 5.75 Å². The molecule has 1 heterocycles. The first-order valence-corrected chi connectivity index (χ1v) is 9.55. The molecule has 0 aliphatic heterocycles. The molecular weight excluding hydrogens is 389 g/mol. The summed E-state index contributed by atoms with van der Waals surface area (Å²) in [6, 6.07) is 13.0. The number of nitrogens with one attached hydrogen (secondary N) is 2. The molecule has 0 saturated heterocycles. The van der Waals surface area contributed by atoms with Crippen molar-refractivity contribution < 1.29 is 13.9 Å². The highest BCUT2D eigenvalue weighted by atomic mass is 35.5. The average Bonchev–Trinajstić information content (AvgIpc) is 3.14. The van der Waals surface area contributed by atoms with Crippen molar-refractivity contribution in [2.45, 2.75) is 5.16 Å². The lowest BCUT2D eigenvalue weighted by molar-refractivity contribution is -0.122. The van der Waals surface area contributed by atoms with Gasteiger partial charge in [0.05, 0.1) is 11.9 Å². The number of thioether (sulfide) groups is 1. The van der Waals surface area contributed by atoms with E-state index in [4.69, 9.17) is 16.3 Å². The minimum absolute atomic E-state index is 0.0538. The Kier molecular flexibility index (Phi) is 6.73. The molecule has 0 radical (unpaired) electrons. The fourth-order valence-corrected chi connectivity index (χ4v) is 3.05. The SMILES string of the molecule is O=C(COc1ccc(Cl)cc1)NCCSc1ncc(-c2ccc(F)cc2)[nH]1. The molecule has 0 aliphatic rings. The van der Waals surface area contributed by atoms with Crippen molar-refractivity contribution in [1.29, 1.82) is 0 Å². The van der Waals surface area contributed by atoms with Gasteiger partial charge in [-0.15, -0.1) is 0 Å². The van der Waals surface area contributed by atoms with Crippen LogP contribution in [0.2, 0.25) is 5.02 Å². The van der Waals surface area contributed by atoms with Crippen molar-refractivity contribution >= 4 is 29.3 Å². The summed E-state index contributed by atoms with van der Waals surface area (Å²) in [5.74, 6) is 0.775. The number of rotatable bonds is 8. The molecular formula is C19H17ClFN3O2S. The van der Waals surface area contributed by atoms with E-state index in [2.05, 4.69) is 15.3 Å². The third-order valence-electron chi connectivity index (χ3n) is 3.55. The van der Waals surface area contributed by atoms with Gasteiger partial charge in [0, 0.05) is 17.3 Å². The number of carbonyl (C=O) groups excluding carboxylic acids is 1. The molecule has 140 valence electrons. The Balaban J connectivity index is 1.37. The topological polar surface area (TPSA) is 67.0 Å². The maximum atomic E-state index is 13.0. The van der Waals surface area contributed by atoms with Crippen LogP contribution in [-0.4, -0.2) is 34.8 Å². The molecule has 0 fully saturated rings. The van der Waals surface area contributed by atoms with Gasteiger partial charge < -0.3 is 15.0 Å². The number of ether oxygens (including phenoxy) is 1. The summed E-state index contributed by atoms with van der Waals surface area (Å²) in [5, 5.41) is 4.14. The summed E-state index contributed by atoms with van der Waals surface area (Å²) in [6.07, 6.45) is 1.70. The number of hydrogen-bond donors (Lipinski definition) is 2. The molecule has 27 heavy (non-hydrogen) atoms. The lowest BCUT2D eigenvalue weighted by Gasteiger charge is -2.07. The molecule has 3 rings (SSSR count). The van der Waals surface area contributed by atoms with E-state index in [-0.39, 0.29) is 18.3 Å². The highest BCUT2D eigenvalue weighted by molar-refractivity contribution is 7.99. The Bertz CT molecular complexity index is 885. The number of aromatic nitrogens is 2. The van der Waals surface area contributed by atoms with Crippen LogP contribution in [0.3, 0.4) is 0 Å². The lowest BCUT2D eigenvalue weighted by Crippen LogP contribution is -2.30. The van der Waals surface area contributed by atoms with E-state index in [1.807, 2.05) is 0 Å². The van der Waals surface area contributed by atoms with Crippen molar-refractivity contribution in [2.24, 2.45) is 0 Å². The Morgan fingerprint density at radius 3 is 2.67 bits per heavy atom. The first-order chi connectivity index (χ1) is 13.1. The highest BCUT2D eigenvalue weighted by Crippen LogP contribution is 2.21. The van der Waals surface area contributed by atoms with E-state index < -0.39 is 0 Å². The molecule has 2 N–H and O–H groups in total. The van der Waals surface area contributed by atoms with Gasteiger partial charge in [-0.05, 0) is 54.1 Å². The van der Waals surface area contributed by atoms with Gasteiger partial charge in [0.1, 0.15) is 11.6 Å². The number of imidazole rings is 1. The van der Waals surface area contributed by atoms with Crippen molar-refractivity contribution in [3.05, 3.63) is 65.6 Å². The normalized spacial score (nSPS) is 10.6. The number of aromatic amines is 1. The van der Waals surface area contributed by atoms with E-state index in [0.29, 0.717) is 23.1 Å². The number of benzene rings is 2. The predicted octanol–water partition coefficient (Wildman–Crippen LogP) is 4.16. The molecule has 0 spiro atoms. The van der Waals surface area contributed by atoms with Gasteiger partial charge in [-0.3, -0.25) is 4.79 Å². The van der Waals surface area contributed by atoms with Gasteiger partial charge in [-0.25, -0.2) is 9.37 Å². The third kappa shape index (κ3) is 6.01. The largest absolute Gasteiger partial charge is 0.484 e. The number of amides is 1. The van der Waals surface area contributed by atoms with Crippen molar-refractivity contribution in [2.75, 3.05) is 18.9 Å². The van der Waals surface area contributed by atoms with Gasteiger partial charge in [-0.2, -0.15) is 0 Å². The van der Waals surface area contributed by atoms with Crippen LogP contribution in [0.15, 0.2) is 59.9 Å². The second-order valence-electron chi connectivity index (χ2n) is 5.55. The molecule has 1 aromatic heterocycles. The first kappa shape index (κ1) is 19.3.